The third-order valence-corrected chi connectivity index (χ3v) is 5.94. The van der Waals surface area contributed by atoms with Gasteiger partial charge in [-0.2, -0.15) is 0 Å². The molecule has 0 aromatic heterocycles. The molecule has 2 aliphatic rings. The number of carbonyl (C=O) groups is 1. The summed E-state index contributed by atoms with van der Waals surface area (Å²) in [6, 6.07) is 0.0563. The van der Waals surface area contributed by atoms with Crippen molar-refractivity contribution in [2.24, 2.45) is 5.41 Å². The van der Waals surface area contributed by atoms with Gasteiger partial charge < -0.3 is 15.4 Å². The Morgan fingerprint density at radius 3 is 2.75 bits per heavy atom. The Bertz CT molecular complexity index is 371. The minimum atomic E-state index is -0.747. The summed E-state index contributed by atoms with van der Waals surface area (Å²) in [7, 11) is -0.747. The molecule has 0 aromatic carbocycles. The van der Waals surface area contributed by atoms with E-state index in [0.29, 0.717) is 25.5 Å². The maximum absolute atomic E-state index is 11.9. The normalized spacial score (nSPS) is 30.1. The van der Waals surface area contributed by atoms with Gasteiger partial charge in [0.2, 0.25) is 0 Å². The molecule has 0 spiro atoms. The minimum absolute atomic E-state index is 0.0934. The van der Waals surface area contributed by atoms with Crippen LogP contribution in [0.3, 0.4) is 0 Å². The van der Waals surface area contributed by atoms with Crippen molar-refractivity contribution in [3.63, 3.8) is 0 Å². The van der Waals surface area contributed by atoms with Crippen LogP contribution in [0.2, 0.25) is 0 Å². The number of hydrogen-bond acceptors (Lipinski definition) is 3. The molecule has 1 aliphatic carbocycles. The molecular weight excluding hydrogens is 276 g/mol. The van der Waals surface area contributed by atoms with Crippen LogP contribution in [0.25, 0.3) is 0 Å². The lowest BCUT2D eigenvalue weighted by molar-refractivity contribution is -0.0975. The van der Waals surface area contributed by atoms with Gasteiger partial charge in [-0.3, -0.25) is 4.21 Å². The summed E-state index contributed by atoms with van der Waals surface area (Å²) in [6.45, 7) is 6.15. The highest BCUT2D eigenvalue weighted by atomic mass is 32.2. The number of rotatable bonds is 5. The van der Waals surface area contributed by atoms with Crippen molar-refractivity contribution in [2.75, 3.05) is 25.5 Å². The highest BCUT2D eigenvalue weighted by Gasteiger charge is 2.34. The molecule has 1 heterocycles. The van der Waals surface area contributed by atoms with Crippen LogP contribution in [0, 0.1) is 5.41 Å². The fourth-order valence-corrected chi connectivity index (χ4v) is 4.18. The van der Waals surface area contributed by atoms with Gasteiger partial charge in [0.05, 0.1) is 13.2 Å². The fourth-order valence-electron chi connectivity index (χ4n) is 2.83. The van der Waals surface area contributed by atoms with E-state index in [1.54, 1.807) is 0 Å². The van der Waals surface area contributed by atoms with Crippen LogP contribution in [0.15, 0.2) is 0 Å². The van der Waals surface area contributed by atoms with E-state index in [2.05, 4.69) is 17.6 Å². The minimum Gasteiger partial charge on any atom is -0.380 e. The van der Waals surface area contributed by atoms with Crippen molar-refractivity contribution >= 4 is 16.8 Å². The predicted octanol–water partition coefficient (Wildman–Crippen LogP) is 1.40. The topological polar surface area (TPSA) is 67.4 Å². The highest BCUT2D eigenvalue weighted by Crippen LogP contribution is 2.25. The SMILES string of the molecule is CCS(=O)C1CCCC(NC(=O)NCC2(C)COC2)C1. The van der Waals surface area contributed by atoms with Crippen molar-refractivity contribution in [1.82, 2.24) is 10.6 Å². The van der Waals surface area contributed by atoms with Gasteiger partial charge in [0.25, 0.3) is 0 Å². The third kappa shape index (κ3) is 4.19. The molecule has 0 radical (unpaired) electrons. The molecule has 2 amide bonds. The van der Waals surface area contributed by atoms with Gasteiger partial charge in [-0.05, 0) is 19.3 Å². The average Bonchev–Trinajstić information content (AvgIpc) is 2.42. The Balaban J connectivity index is 1.71. The van der Waals surface area contributed by atoms with Gasteiger partial charge >= 0.3 is 6.03 Å². The molecule has 0 aromatic rings. The largest absolute Gasteiger partial charge is 0.380 e. The summed E-state index contributed by atoms with van der Waals surface area (Å²) in [6.07, 6.45) is 3.90. The lowest BCUT2D eigenvalue weighted by Crippen LogP contribution is -2.52. The van der Waals surface area contributed by atoms with E-state index < -0.39 is 10.8 Å². The van der Waals surface area contributed by atoms with E-state index >= 15 is 0 Å². The average molecular weight is 302 g/mol. The van der Waals surface area contributed by atoms with E-state index in [1.165, 1.54) is 0 Å². The van der Waals surface area contributed by atoms with Crippen molar-refractivity contribution in [1.29, 1.82) is 0 Å². The summed E-state index contributed by atoms with van der Waals surface area (Å²) in [5.74, 6) is 0.710. The first-order valence-corrected chi connectivity index (χ1v) is 8.90. The molecule has 6 heteroatoms. The van der Waals surface area contributed by atoms with Gasteiger partial charge in [-0.25, -0.2) is 4.79 Å². The summed E-state index contributed by atoms with van der Waals surface area (Å²) in [5, 5.41) is 6.19. The third-order valence-electron chi connectivity index (χ3n) is 4.19. The van der Waals surface area contributed by atoms with Crippen LogP contribution in [0.5, 0.6) is 0 Å². The second-order valence-electron chi connectivity index (χ2n) is 6.29. The zero-order valence-corrected chi connectivity index (χ0v) is 13.3. The zero-order chi connectivity index (χ0) is 14.6. The molecule has 5 nitrogen and oxygen atoms in total. The van der Waals surface area contributed by atoms with E-state index in [4.69, 9.17) is 4.74 Å². The Morgan fingerprint density at radius 1 is 1.40 bits per heavy atom. The van der Waals surface area contributed by atoms with Crippen molar-refractivity contribution < 1.29 is 13.7 Å². The van der Waals surface area contributed by atoms with Crippen LogP contribution >= 0.6 is 0 Å². The Labute approximate surface area is 123 Å². The molecule has 0 bridgehead atoms. The molecule has 1 saturated carbocycles. The molecule has 3 atom stereocenters. The first-order chi connectivity index (χ1) is 9.52. The monoisotopic (exact) mass is 302 g/mol. The molecule has 2 rings (SSSR count). The predicted molar refractivity (Wildman–Crippen MR) is 80.2 cm³/mol. The first kappa shape index (κ1) is 15.8. The molecule has 2 N–H and O–H groups in total. The number of carbonyl (C=O) groups excluding carboxylic acids is 1. The van der Waals surface area contributed by atoms with Gasteiger partial charge in [0.15, 0.2) is 0 Å². The second kappa shape index (κ2) is 6.89. The van der Waals surface area contributed by atoms with Gasteiger partial charge in [0, 0.05) is 39.8 Å². The van der Waals surface area contributed by atoms with Crippen LogP contribution in [0.4, 0.5) is 4.79 Å². The van der Waals surface area contributed by atoms with Gasteiger partial charge in [-0.15, -0.1) is 0 Å². The standard InChI is InChI=1S/C14H26N2O3S/c1-3-20(18)12-6-4-5-11(7-12)16-13(17)15-8-14(2)9-19-10-14/h11-12H,3-10H2,1-2H3,(H2,15,16,17). The van der Waals surface area contributed by atoms with E-state index in [9.17, 15) is 9.00 Å². The smallest absolute Gasteiger partial charge is 0.315 e. The second-order valence-corrected chi connectivity index (χ2v) is 8.29. The number of nitrogens with one attached hydrogen (secondary N) is 2. The zero-order valence-electron chi connectivity index (χ0n) is 12.4. The van der Waals surface area contributed by atoms with Gasteiger partial charge in [-0.1, -0.05) is 20.3 Å². The Hall–Kier alpha value is -0.620. The quantitative estimate of drug-likeness (QED) is 0.807. The van der Waals surface area contributed by atoms with Crippen LogP contribution in [-0.2, 0) is 15.5 Å². The van der Waals surface area contributed by atoms with Crippen molar-refractivity contribution in [2.45, 2.75) is 50.8 Å². The molecule has 1 saturated heterocycles. The first-order valence-electron chi connectivity index (χ1n) is 7.52. The fraction of sp³-hybridized carbons (Fsp3) is 0.929. The van der Waals surface area contributed by atoms with E-state index in [-0.39, 0.29) is 22.7 Å². The number of amides is 2. The Morgan fingerprint density at radius 2 is 2.15 bits per heavy atom. The Kier molecular flexibility index (Phi) is 5.43. The summed E-state index contributed by atoms with van der Waals surface area (Å²) >= 11 is 0. The number of ether oxygens (including phenoxy) is 1. The molecule has 3 unspecified atom stereocenters. The summed E-state index contributed by atoms with van der Waals surface area (Å²) < 4.78 is 17.0. The highest BCUT2D eigenvalue weighted by molar-refractivity contribution is 7.85. The summed E-state index contributed by atoms with van der Waals surface area (Å²) in [5.41, 5.74) is 0.0934. The van der Waals surface area contributed by atoms with Gasteiger partial charge in [0.1, 0.15) is 0 Å². The van der Waals surface area contributed by atoms with Crippen molar-refractivity contribution in [3.8, 4) is 0 Å². The lowest BCUT2D eigenvalue weighted by Gasteiger charge is -2.38. The number of urea groups is 1. The molecule has 20 heavy (non-hydrogen) atoms. The molecule has 116 valence electrons. The lowest BCUT2D eigenvalue weighted by atomic mass is 9.89. The van der Waals surface area contributed by atoms with E-state index in [0.717, 1.165) is 25.7 Å². The molecule has 1 aliphatic heterocycles. The van der Waals surface area contributed by atoms with Crippen LogP contribution in [0.1, 0.15) is 39.5 Å². The maximum atomic E-state index is 11.9. The van der Waals surface area contributed by atoms with Crippen molar-refractivity contribution in [3.05, 3.63) is 0 Å². The molecule has 2 fully saturated rings. The van der Waals surface area contributed by atoms with Crippen LogP contribution in [-0.4, -0.2) is 47.0 Å². The van der Waals surface area contributed by atoms with E-state index in [1.807, 2.05) is 6.92 Å². The number of hydrogen-bond donors (Lipinski definition) is 2. The molecular formula is C14H26N2O3S. The maximum Gasteiger partial charge on any atom is 0.315 e. The van der Waals surface area contributed by atoms with Crippen LogP contribution < -0.4 is 10.6 Å². The summed E-state index contributed by atoms with van der Waals surface area (Å²) in [4.78, 5) is 11.9.